The minimum absolute atomic E-state index is 0.220. The number of rotatable bonds is 4. The molecule has 6 nitrogen and oxygen atoms in total. The highest BCUT2D eigenvalue weighted by Gasteiger charge is 2.25. The molecule has 1 saturated heterocycles. The van der Waals surface area contributed by atoms with Gasteiger partial charge in [0.15, 0.2) is 0 Å². The lowest BCUT2D eigenvalue weighted by molar-refractivity contribution is -0.129. The first-order valence-corrected chi connectivity index (χ1v) is 6.46. The Labute approximate surface area is 108 Å². The van der Waals surface area contributed by atoms with Gasteiger partial charge in [0.25, 0.3) is 5.91 Å². The lowest BCUT2D eigenvalue weighted by Gasteiger charge is -2.35. The highest BCUT2D eigenvalue weighted by Crippen LogP contribution is 2.20. The maximum Gasteiger partial charge on any atom is 0.252 e. The van der Waals surface area contributed by atoms with Crippen molar-refractivity contribution in [1.82, 2.24) is 15.8 Å². The molecular weight excluding hydrogens is 234 g/mol. The van der Waals surface area contributed by atoms with Crippen LogP contribution in [0.1, 0.15) is 39.5 Å². The summed E-state index contributed by atoms with van der Waals surface area (Å²) in [7, 11) is 0. The summed E-state index contributed by atoms with van der Waals surface area (Å²) in [4.78, 5) is 24.4. The van der Waals surface area contributed by atoms with Crippen LogP contribution in [0, 0.1) is 0 Å². The van der Waals surface area contributed by atoms with Crippen LogP contribution < -0.4 is 10.9 Å². The van der Waals surface area contributed by atoms with Crippen molar-refractivity contribution < 1.29 is 14.7 Å². The topological polar surface area (TPSA) is 81.7 Å². The first-order chi connectivity index (χ1) is 8.49. The summed E-state index contributed by atoms with van der Waals surface area (Å²) in [5.41, 5.74) is 4.64. The number of nitrogens with one attached hydrogen (secondary N) is 2. The predicted octanol–water partition coefficient (Wildman–Crippen LogP) is -0.221. The second kappa shape index (κ2) is 7.33. The molecule has 0 aliphatic carbocycles. The number of piperidine rings is 1. The van der Waals surface area contributed by atoms with Crippen molar-refractivity contribution in [3.8, 4) is 0 Å². The maximum atomic E-state index is 11.6. The first-order valence-electron chi connectivity index (χ1n) is 6.46. The van der Waals surface area contributed by atoms with Crippen LogP contribution in [0.5, 0.6) is 0 Å². The Morgan fingerprint density at radius 1 is 1.39 bits per heavy atom. The minimum atomic E-state index is -0.353. The van der Waals surface area contributed by atoms with Crippen LogP contribution in [-0.2, 0) is 9.59 Å². The largest absolute Gasteiger partial charge is 0.393 e. The van der Waals surface area contributed by atoms with Crippen molar-refractivity contribution in [2.75, 3.05) is 13.1 Å². The standard InChI is InChI=1S/C12H23N3O3/c1-9(16)7-11-5-3-4-6-15(11)8-12(18)14-13-10(2)17/h9,11,16H,3-8H2,1-2H3,(H,13,17)(H,14,18). The van der Waals surface area contributed by atoms with Gasteiger partial charge >= 0.3 is 0 Å². The fourth-order valence-electron chi connectivity index (χ4n) is 2.31. The monoisotopic (exact) mass is 257 g/mol. The zero-order chi connectivity index (χ0) is 13.5. The molecule has 1 rings (SSSR count). The van der Waals surface area contributed by atoms with Crippen molar-refractivity contribution >= 4 is 11.8 Å². The minimum Gasteiger partial charge on any atom is -0.393 e. The Morgan fingerprint density at radius 2 is 2.11 bits per heavy atom. The predicted molar refractivity (Wildman–Crippen MR) is 67.5 cm³/mol. The first kappa shape index (κ1) is 14.9. The van der Waals surface area contributed by atoms with Crippen LogP contribution >= 0.6 is 0 Å². The number of carbonyl (C=O) groups is 2. The second-order valence-electron chi connectivity index (χ2n) is 4.93. The molecule has 0 aromatic carbocycles. The summed E-state index contributed by atoms with van der Waals surface area (Å²) in [5.74, 6) is -0.509. The number of carbonyl (C=O) groups excluding carboxylic acids is 2. The van der Waals surface area contributed by atoms with Gasteiger partial charge in [-0.15, -0.1) is 0 Å². The molecule has 104 valence electrons. The van der Waals surface area contributed by atoms with Crippen molar-refractivity contribution in [3.05, 3.63) is 0 Å². The van der Waals surface area contributed by atoms with E-state index in [4.69, 9.17) is 0 Å². The second-order valence-corrected chi connectivity index (χ2v) is 4.93. The number of hydrogen-bond acceptors (Lipinski definition) is 4. The van der Waals surface area contributed by atoms with Crippen molar-refractivity contribution in [3.63, 3.8) is 0 Å². The van der Waals surface area contributed by atoms with E-state index in [1.165, 1.54) is 6.92 Å². The van der Waals surface area contributed by atoms with E-state index in [9.17, 15) is 14.7 Å². The Kier molecular flexibility index (Phi) is 6.07. The van der Waals surface area contributed by atoms with Gasteiger partial charge in [0.1, 0.15) is 0 Å². The van der Waals surface area contributed by atoms with E-state index in [-0.39, 0.29) is 30.5 Å². The summed E-state index contributed by atoms with van der Waals surface area (Å²) in [5, 5.41) is 9.45. The SMILES string of the molecule is CC(=O)NNC(=O)CN1CCCCC1CC(C)O. The molecular formula is C12H23N3O3. The lowest BCUT2D eigenvalue weighted by Crippen LogP contribution is -2.50. The fraction of sp³-hybridized carbons (Fsp3) is 0.833. The summed E-state index contributed by atoms with van der Waals surface area (Å²) in [6, 6.07) is 0.252. The van der Waals surface area contributed by atoms with Crippen molar-refractivity contribution in [2.24, 2.45) is 0 Å². The van der Waals surface area contributed by atoms with Gasteiger partial charge in [-0.3, -0.25) is 25.3 Å². The molecule has 1 aliphatic heterocycles. The van der Waals surface area contributed by atoms with Crippen LogP contribution in [0.3, 0.4) is 0 Å². The molecule has 0 bridgehead atoms. The van der Waals surface area contributed by atoms with Crippen LogP contribution in [0.4, 0.5) is 0 Å². The van der Waals surface area contributed by atoms with Gasteiger partial charge in [-0.25, -0.2) is 0 Å². The van der Waals surface area contributed by atoms with E-state index in [0.29, 0.717) is 6.42 Å². The van der Waals surface area contributed by atoms with Gasteiger partial charge in [-0.1, -0.05) is 6.42 Å². The molecule has 0 aromatic rings. The third-order valence-corrected chi connectivity index (χ3v) is 3.09. The highest BCUT2D eigenvalue weighted by atomic mass is 16.3. The Balaban J connectivity index is 2.41. The van der Waals surface area contributed by atoms with E-state index in [0.717, 1.165) is 25.8 Å². The summed E-state index contributed by atoms with van der Waals surface area (Å²) in [6.45, 7) is 4.24. The molecule has 18 heavy (non-hydrogen) atoms. The number of aliphatic hydroxyl groups is 1. The van der Waals surface area contributed by atoms with Gasteiger partial charge in [0.05, 0.1) is 12.6 Å². The van der Waals surface area contributed by atoms with Gasteiger partial charge in [-0.2, -0.15) is 0 Å². The molecule has 3 N–H and O–H groups in total. The molecule has 2 atom stereocenters. The molecule has 6 heteroatoms. The van der Waals surface area contributed by atoms with Crippen molar-refractivity contribution in [2.45, 2.75) is 51.7 Å². The highest BCUT2D eigenvalue weighted by molar-refractivity contribution is 5.81. The molecule has 0 aromatic heterocycles. The summed E-state index contributed by atoms with van der Waals surface area (Å²) < 4.78 is 0. The van der Waals surface area contributed by atoms with Crippen LogP contribution in [0.15, 0.2) is 0 Å². The molecule has 1 heterocycles. The van der Waals surface area contributed by atoms with E-state index in [1.54, 1.807) is 6.92 Å². The molecule has 0 saturated carbocycles. The zero-order valence-corrected chi connectivity index (χ0v) is 11.1. The van der Waals surface area contributed by atoms with Gasteiger partial charge in [0.2, 0.25) is 5.91 Å². The smallest absolute Gasteiger partial charge is 0.252 e. The third kappa shape index (κ3) is 5.46. The van der Waals surface area contributed by atoms with Gasteiger partial charge in [0, 0.05) is 13.0 Å². The number of aliphatic hydroxyl groups excluding tert-OH is 1. The Morgan fingerprint density at radius 3 is 2.72 bits per heavy atom. The summed E-state index contributed by atoms with van der Waals surface area (Å²) in [6.07, 6.45) is 3.56. The average molecular weight is 257 g/mol. The zero-order valence-electron chi connectivity index (χ0n) is 11.1. The average Bonchev–Trinajstić information content (AvgIpc) is 2.28. The van der Waals surface area contributed by atoms with E-state index in [2.05, 4.69) is 15.8 Å². The molecule has 1 aliphatic rings. The molecule has 2 unspecified atom stereocenters. The molecule has 0 radical (unpaired) electrons. The summed E-state index contributed by atoms with van der Waals surface area (Å²) >= 11 is 0. The van der Waals surface area contributed by atoms with E-state index < -0.39 is 0 Å². The lowest BCUT2D eigenvalue weighted by atomic mass is 9.97. The van der Waals surface area contributed by atoms with E-state index >= 15 is 0 Å². The molecule has 2 amide bonds. The van der Waals surface area contributed by atoms with Crippen molar-refractivity contribution in [1.29, 1.82) is 0 Å². The maximum absolute atomic E-state index is 11.6. The Hall–Kier alpha value is -1.14. The molecule has 1 fully saturated rings. The normalized spacial score (nSPS) is 22.3. The molecule has 0 spiro atoms. The van der Waals surface area contributed by atoms with Crippen LogP contribution in [0.2, 0.25) is 0 Å². The Bertz CT molecular complexity index is 294. The number of hydrogen-bond donors (Lipinski definition) is 3. The van der Waals surface area contributed by atoms with Gasteiger partial charge < -0.3 is 5.11 Å². The van der Waals surface area contributed by atoms with Crippen LogP contribution in [-0.4, -0.2) is 47.1 Å². The number of nitrogens with zero attached hydrogens (tertiary/aromatic N) is 1. The number of hydrazine groups is 1. The van der Waals surface area contributed by atoms with Crippen LogP contribution in [0.25, 0.3) is 0 Å². The van der Waals surface area contributed by atoms with E-state index in [1.807, 2.05) is 0 Å². The van der Waals surface area contributed by atoms with Gasteiger partial charge in [-0.05, 0) is 32.7 Å². The number of likely N-dealkylation sites (tertiary alicyclic amines) is 1. The number of amides is 2. The fourth-order valence-corrected chi connectivity index (χ4v) is 2.31. The quantitative estimate of drug-likeness (QED) is 0.608. The third-order valence-electron chi connectivity index (χ3n) is 3.09.